The maximum atomic E-state index is 9.39. The van der Waals surface area contributed by atoms with Crippen molar-refractivity contribution in [3.63, 3.8) is 0 Å². The Morgan fingerprint density at radius 3 is 1.90 bits per heavy atom. The smallest absolute Gasteiger partial charge is 0.128 e. The van der Waals surface area contributed by atoms with E-state index in [-0.39, 0.29) is 0 Å². The van der Waals surface area contributed by atoms with Gasteiger partial charge in [0.15, 0.2) is 0 Å². The van der Waals surface area contributed by atoms with Gasteiger partial charge >= 0.3 is 0 Å². The highest BCUT2D eigenvalue weighted by Crippen LogP contribution is 2.14. The van der Waals surface area contributed by atoms with Crippen LogP contribution in [-0.4, -0.2) is 22.9 Å². The average Bonchev–Trinajstić information content (AvgIpc) is 1.61. The van der Waals surface area contributed by atoms with Crippen LogP contribution in [0.5, 0.6) is 0 Å². The van der Waals surface area contributed by atoms with Gasteiger partial charge in [0.05, 0.1) is 5.54 Å². The zero-order valence-electron chi connectivity index (χ0n) is 7.23. The lowest BCUT2D eigenvalue weighted by Crippen LogP contribution is -2.62. The Bertz CT molecular complexity index is 105. The Labute approximate surface area is 62.6 Å². The molecule has 0 aliphatic rings. The molecule has 0 amide bonds. The van der Waals surface area contributed by atoms with Gasteiger partial charge in [-0.2, -0.15) is 0 Å². The Morgan fingerprint density at radius 1 is 1.40 bits per heavy atom. The fourth-order valence-corrected chi connectivity index (χ4v) is 0.621. The van der Waals surface area contributed by atoms with Crippen LogP contribution in [0, 0.1) is 0 Å². The summed E-state index contributed by atoms with van der Waals surface area (Å²) < 4.78 is 0. The van der Waals surface area contributed by atoms with E-state index < -0.39 is 11.3 Å². The minimum Gasteiger partial charge on any atom is -0.374 e. The van der Waals surface area contributed by atoms with Crippen LogP contribution >= 0.6 is 0 Å². The fraction of sp³-hybridized carbons (Fsp3) is 1.00. The summed E-state index contributed by atoms with van der Waals surface area (Å²) in [4.78, 5) is 0. The summed E-state index contributed by atoms with van der Waals surface area (Å²) in [5.41, 5.74) is 3.90. The molecule has 3 heteroatoms. The normalized spacial score (nSPS) is 18.6. The number of nitrogens with two attached hydrogens (primary N) is 1. The molecule has 0 aromatic rings. The third-order valence-electron chi connectivity index (χ3n) is 1.88. The van der Waals surface area contributed by atoms with Crippen molar-refractivity contribution in [2.45, 2.75) is 39.0 Å². The van der Waals surface area contributed by atoms with E-state index in [2.05, 4.69) is 5.32 Å². The third-order valence-corrected chi connectivity index (χ3v) is 1.88. The lowest BCUT2D eigenvalue weighted by molar-refractivity contribution is -0.0150. The van der Waals surface area contributed by atoms with Gasteiger partial charge in [0.2, 0.25) is 0 Å². The van der Waals surface area contributed by atoms with Crippen LogP contribution in [0.15, 0.2) is 0 Å². The summed E-state index contributed by atoms with van der Waals surface area (Å²) in [6, 6.07) is 0. The first kappa shape index (κ1) is 9.88. The summed E-state index contributed by atoms with van der Waals surface area (Å²) in [6.45, 7) is 8.12. The number of hydrogen-bond acceptors (Lipinski definition) is 3. The van der Waals surface area contributed by atoms with Crippen molar-refractivity contribution < 1.29 is 5.11 Å². The van der Waals surface area contributed by atoms with Gasteiger partial charge in [0, 0.05) is 0 Å². The molecule has 0 rings (SSSR count). The van der Waals surface area contributed by atoms with Gasteiger partial charge in [-0.3, -0.25) is 0 Å². The molecule has 0 saturated carbocycles. The molecule has 0 aliphatic heterocycles. The number of rotatable bonds is 3. The molecule has 62 valence electrons. The van der Waals surface area contributed by atoms with Crippen molar-refractivity contribution >= 4 is 0 Å². The molecular weight excluding hydrogens is 128 g/mol. The van der Waals surface area contributed by atoms with Crippen LogP contribution in [-0.2, 0) is 0 Å². The molecule has 0 bridgehead atoms. The zero-order chi connectivity index (χ0) is 8.41. The quantitative estimate of drug-likeness (QED) is 0.493. The molecule has 0 fully saturated rings. The first-order valence-electron chi connectivity index (χ1n) is 3.57. The van der Waals surface area contributed by atoms with Crippen molar-refractivity contribution in [2.24, 2.45) is 5.73 Å². The standard InChI is InChI=1S/C7H18N2O/c1-5-9-6(2,3)7(4,8)10/h9-10H,5,8H2,1-4H3. The molecule has 0 radical (unpaired) electrons. The minimum atomic E-state index is -1.16. The van der Waals surface area contributed by atoms with E-state index in [4.69, 9.17) is 5.73 Å². The van der Waals surface area contributed by atoms with Crippen molar-refractivity contribution in [3.8, 4) is 0 Å². The third kappa shape index (κ3) is 2.25. The molecule has 1 atom stereocenters. The molecule has 0 aliphatic carbocycles. The topological polar surface area (TPSA) is 58.3 Å². The molecule has 0 aromatic carbocycles. The van der Waals surface area contributed by atoms with Gasteiger partial charge in [-0.1, -0.05) is 6.92 Å². The first-order chi connectivity index (χ1) is 4.31. The molecule has 3 nitrogen and oxygen atoms in total. The average molecular weight is 146 g/mol. The SMILES string of the molecule is CCNC(C)(C)C(C)(N)O. The highest BCUT2D eigenvalue weighted by Gasteiger charge is 2.34. The maximum Gasteiger partial charge on any atom is 0.128 e. The minimum absolute atomic E-state index is 0.429. The van der Waals surface area contributed by atoms with E-state index in [1.165, 1.54) is 0 Å². The predicted molar refractivity (Wildman–Crippen MR) is 42.6 cm³/mol. The van der Waals surface area contributed by atoms with Crippen molar-refractivity contribution in [3.05, 3.63) is 0 Å². The number of hydrogen-bond donors (Lipinski definition) is 3. The Balaban J connectivity index is 4.10. The van der Waals surface area contributed by atoms with Crippen LogP contribution in [0.1, 0.15) is 27.7 Å². The molecular formula is C7H18N2O. The van der Waals surface area contributed by atoms with Gasteiger partial charge in [0.1, 0.15) is 5.72 Å². The summed E-state index contributed by atoms with van der Waals surface area (Å²) in [6.07, 6.45) is 0. The molecule has 0 saturated heterocycles. The van der Waals surface area contributed by atoms with E-state index in [0.29, 0.717) is 0 Å². The second-order valence-electron chi connectivity index (χ2n) is 3.30. The van der Waals surface area contributed by atoms with Crippen molar-refractivity contribution in [1.29, 1.82) is 0 Å². The molecule has 0 aromatic heterocycles. The zero-order valence-corrected chi connectivity index (χ0v) is 7.23. The largest absolute Gasteiger partial charge is 0.374 e. The van der Waals surface area contributed by atoms with Gasteiger partial charge in [0.25, 0.3) is 0 Å². The second-order valence-corrected chi connectivity index (χ2v) is 3.30. The van der Waals surface area contributed by atoms with Gasteiger partial charge in [-0.15, -0.1) is 0 Å². The molecule has 1 unspecified atom stereocenters. The van der Waals surface area contributed by atoms with Crippen molar-refractivity contribution in [1.82, 2.24) is 5.32 Å². The van der Waals surface area contributed by atoms with Gasteiger partial charge in [-0.05, 0) is 27.3 Å². The first-order valence-corrected chi connectivity index (χ1v) is 3.57. The summed E-state index contributed by atoms with van der Waals surface area (Å²) in [7, 11) is 0. The van der Waals surface area contributed by atoms with Crippen LogP contribution in [0.25, 0.3) is 0 Å². The molecule has 10 heavy (non-hydrogen) atoms. The summed E-state index contributed by atoms with van der Waals surface area (Å²) >= 11 is 0. The van der Waals surface area contributed by atoms with E-state index >= 15 is 0 Å². The molecule has 4 N–H and O–H groups in total. The highest BCUT2D eigenvalue weighted by atomic mass is 16.3. The second kappa shape index (κ2) is 2.86. The van der Waals surface area contributed by atoms with E-state index in [9.17, 15) is 5.11 Å². The van der Waals surface area contributed by atoms with Gasteiger partial charge < -0.3 is 16.2 Å². The summed E-state index contributed by atoms with van der Waals surface area (Å²) in [5.74, 6) is 0. The fourth-order valence-electron chi connectivity index (χ4n) is 0.621. The van der Waals surface area contributed by atoms with E-state index in [0.717, 1.165) is 6.54 Å². The monoisotopic (exact) mass is 146 g/mol. The number of likely N-dealkylation sites (N-methyl/N-ethyl adjacent to an activating group) is 1. The van der Waals surface area contributed by atoms with Crippen LogP contribution in [0.4, 0.5) is 0 Å². The van der Waals surface area contributed by atoms with Crippen LogP contribution in [0.2, 0.25) is 0 Å². The van der Waals surface area contributed by atoms with Crippen LogP contribution in [0.3, 0.4) is 0 Å². The van der Waals surface area contributed by atoms with Crippen molar-refractivity contribution in [2.75, 3.05) is 6.54 Å². The Morgan fingerprint density at radius 2 is 1.80 bits per heavy atom. The molecule has 0 spiro atoms. The van der Waals surface area contributed by atoms with E-state index in [1.807, 2.05) is 20.8 Å². The molecule has 0 heterocycles. The van der Waals surface area contributed by atoms with Gasteiger partial charge in [-0.25, -0.2) is 0 Å². The lowest BCUT2D eigenvalue weighted by atomic mass is 9.93. The Hall–Kier alpha value is -0.120. The number of nitrogens with one attached hydrogen (secondary N) is 1. The van der Waals surface area contributed by atoms with Crippen LogP contribution < -0.4 is 11.1 Å². The predicted octanol–water partition coefficient (Wildman–Crippen LogP) is 0.0417. The van der Waals surface area contributed by atoms with E-state index in [1.54, 1.807) is 6.92 Å². The lowest BCUT2D eigenvalue weighted by Gasteiger charge is -2.37. The number of aliphatic hydroxyl groups is 1. The Kier molecular flexibility index (Phi) is 2.83. The maximum absolute atomic E-state index is 9.39. The highest BCUT2D eigenvalue weighted by molar-refractivity contribution is 4.91. The summed E-state index contributed by atoms with van der Waals surface area (Å²) in [5, 5.41) is 12.5.